The summed E-state index contributed by atoms with van der Waals surface area (Å²) >= 11 is 8.20. The van der Waals surface area contributed by atoms with Crippen LogP contribution in [0.2, 0.25) is 30.8 Å². The number of hydrogen-bond donors (Lipinski definition) is 0. The highest BCUT2D eigenvalue weighted by Crippen LogP contribution is 2.27. The maximum atomic E-state index is 9.26. The maximum Gasteiger partial charge on any atom is 0.146 e. The number of fused-ring (bicyclic) bond motifs is 1. The number of pyridine rings is 1. The van der Waals surface area contributed by atoms with Crippen LogP contribution in [0.5, 0.6) is 0 Å². The zero-order valence-corrected chi connectivity index (χ0v) is 16.2. The molecule has 2 rings (SSSR count). The maximum absolute atomic E-state index is 9.26. The molecular formula is C14H17ClIN3OSi. The normalized spacial score (nSPS) is 11.8. The van der Waals surface area contributed by atoms with E-state index in [0.717, 1.165) is 21.6 Å². The zero-order valence-electron chi connectivity index (χ0n) is 12.3. The second-order valence-electron chi connectivity index (χ2n) is 6.10. The molecule has 0 aliphatic rings. The SMILES string of the molecule is C[Si](C)(C)CCOCn1cc(C#N)c2c(I)cc(Cl)nc21. The highest BCUT2D eigenvalue weighted by Gasteiger charge is 2.15. The van der Waals surface area contributed by atoms with Crippen molar-refractivity contribution in [3.63, 3.8) is 0 Å². The molecule has 21 heavy (non-hydrogen) atoms. The Bertz CT molecular complexity index is 703. The summed E-state index contributed by atoms with van der Waals surface area (Å²) in [6.45, 7) is 8.08. The Kier molecular flexibility index (Phi) is 5.30. The summed E-state index contributed by atoms with van der Waals surface area (Å²) in [7, 11) is -1.09. The average molecular weight is 434 g/mol. The predicted molar refractivity (Wildman–Crippen MR) is 96.3 cm³/mol. The highest BCUT2D eigenvalue weighted by atomic mass is 127. The van der Waals surface area contributed by atoms with Crippen molar-refractivity contribution in [2.24, 2.45) is 0 Å². The minimum Gasteiger partial charge on any atom is -0.361 e. The molecule has 0 bridgehead atoms. The molecule has 0 amide bonds. The third-order valence-electron chi connectivity index (χ3n) is 3.09. The summed E-state index contributed by atoms with van der Waals surface area (Å²) in [4.78, 5) is 4.33. The first-order valence-corrected chi connectivity index (χ1v) is 11.8. The lowest BCUT2D eigenvalue weighted by Crippen LogP contribution is -2.22. The lowest BCUT2D eigenvalue weighted by atomic mass is 10.2. The molecule has 0 aliphatic carbocycles. The van der Waals surface area contributed by atoms with Crippen molar-refractivity contribution in [1.29, 1.82) is 5.26 Å². The Labute approximate surface area is 144 Å². The Balaban J connectivity index is 2.23. The molecule has 0 saturated heterocycles. The van der Waals surface area contributed by atoms with Crippen molar-refractivity contribution in [3.05, 3.63) is 26.5 Å². The fourth-order valence-corrected chi connectivity index (χ4v) is 3.89. The van der Waals surface area contributed by atoms with Gasteiger partial charge in [-0.1, -0.05) is 31.2 Å². The largest absolute Gasteiger partial charge is 0.361 e. The first-order chi connectivity index (χ1) is 9.81. The van der Waals surface area contributed by atoms with Crippen molar-refractivity contribution >= 4 is 53.3 Å². The van der Waals surface area contributed by atoms with E-state index in [1.54, 1.807) is 12.3 Å². The molecule has 0 unspecified atom stereocenters. The molecule has 2 heterocycles. The lowest BCUT2D eigenvalue weighted by Gasteiger charge is -2.15. The van der Waals surface area contributed by atoms with E-state index in [9.17, 15) is 5.26 Å². The van der Waals surface area contributed by atoms with Gasteiger partial charge in [-0.3, -0.25) is 0 Å². The third kappa shape index (κ3) is 4.19. The van der Waals surface area contributed by atoms with Gasteiger partial charge in [0.15, 0.2) is 0 Å². The number of aromatic nitrogens is 2. The molecule has 0 spiro atoms. The standard InChI is InChI=1S/C14H17ClIN3OSi/c1-21(2,3)5-4-20-9-19-8-10(7-17)13-11(16)6-12(15)18-14(13)19/h6,8H,4-5,9H2,1-3H3. The molecule has 0 atom stereocenters. The molecule has 2 aromatic heterocycles. The summed E-state index contributed by atoms with van der Waals surface area (Å²) in [5.74, 6) is 0. The zero-order chi connectivity index (χ0) is 15.6. The van der Waals surface area contributed by atoms with E-state index in [0.29, 0.717) is 23.1 Å². The average Bonchev–Trinajstić information content (AvgIpc) is 2.72. The van der Waals surface area contributed by atoms with Crippen LogP contribution in [0.4, 0.5) is 0 Å². The number of ether oxygens (including phenoxy) is 1. The quantitative estimate of drug-likeness (QED) is 0.302. The minimum atomic E-state index is -1.09. The van der Waals surface area contributed by atoms with Crippen molar-refractivity contribution in [2.45, 2.75) is 32.4 Å². The fourth-order valence-electron chi connectivity index (χ4n) is 1.94. The van der Waals surface area contributed by atoms with Crippen LogP contribution in [0.25, 0.3) is 11.0 Å². The summed E-state index contributed by atoms with van der Waals surface area (Å²) in [6.07, 6.45) is 1.78. The number of halogens is 2. The van der Waals surface area contributed by atoms with Gasteiger partial charge in [0, 0.05) is 24.4 Å². The summed E-state index contributed by atoms with van der Waals surface area (Å²) in [6, 6.07) is 5.09. The number of nitriles is 1. The van der Waals surface area contributed by atoms with E-state index in [-0.39, 0.29) is 0 Å². The van der Waals surface area contributed by atoms with Crippen molar-refractivity contribution in [3.8, 4) is 6.07 Å². The van der Waals surface area contributed by atoms with E-state index in [1.165, 1.54) is 0 Å². The Morgan fingerprint density at radius 2 is 2.19 bits per heavy atom. The van der Waals surface area contributed by atoms with Crippen LogP contribution in [0.1, 0.15) is 5.56 Å². The van der Waals surface area contributed by atoms with Crippen LogP contribution in [-0.2, 0) is 11.5 Å². The summed E-state index contributed by atoms with van der Waals surface area (Å²) in [5.41, 5.74) is 1.31. The molecule has 0 aliphatic heterocycles. The fraction of sp³-hybridized carbons (Fsp3) is 0.429. The van der Waals surface area contributed by atoms with Crippen molar-refractivity contribution in [1.82, 2.24) is 9.55 Å². The molecule has 4 nitrogen and oxygen atoms in total. The molecule has 112 valence electrons. The van der Waals surface area contributed by atoms with Crippen molar-refractivity contribution < 1.29 is 4.74 Å². The number of nitrogens with zero attached hydrogens (tertiary/aromatic N) is 3. The van der Waals surface area contributed by atoms with Gasteiger partial charge in [-0.2, -0.15) is 5.26 Å². The topological polar surface area (TPSA) is 50.8 Å². The molecule has 0 saturated carbocycles. The van der Waals surface area contributed by atoms with E-state index >= 15 is 0 Å². The first kappa shape index (κ1) is 16.7. The first-order valence-electron chi connectivity index (χ1n) is 6.64. The second-order valence-corrected chi connectivity index (χ2v) is 13.3. The van der Waals surface area contributed by atoms with Gasteiger partial charge >= 0.3 is 0 Å². The van der Waals surface area contributed by atoms with Crippen LogP contribution >= 0.6 is 34.2 Å². The summed E-state index contributed by atoms with van der Waals surface area (Å²) in [5, 5.41) is 10.5. The minimum absolute atomic E-state index is 0.395. The molecule has 0 aromatic carbocycles. The van der Waals surface area contributed by atoms with Gasteiger partial charge < -0.3 is 9.30 Å². The van der Waals surface area contributed by atoms with Crippen molar-refractivity contribution in [2.75, 3.05) is 6.61 Å². The third-order valence-corrected chi connectivity index (χ3v) is 5.84. The van der Waals surface area contributed by atoms with Gasteiger partial charge in [0.2, 0.25) is 0 Å². The molecule has 0 N–H and O–H groups in total. The molecule has 0 radical (unpaired) electrons. The van der Waals surface area contributed by atoms with Gasteiger partial charge in [0.25, 0.3) is 0 Å². The van der Waals surface area contributed by atoms with Crippen LogP contribution in [0.15, 0.2) is 12.3 Å². The number of hydrogen-bond acceptors (Lipinski definition) is 3. The van der Waals surface area contributed by atoms with Gasteiger partial charge in [-0.05, 0) is 34.7 Å². The van der Waals surface area contributed by atoms with Gasteiger partial charge in [0.1, 0.15) is 23.6 Å². The Morgan fingerprint density at radius 1 is 1.48 bits per heavy atom. The van der Waals surface area contributed by atoms with Gasteiger partial charge in [0.05, 0.1) is 10.9 Å². The second kappa shape index (κ2) is 6.65. The van der Waals surface area contributed by atoms with Crippen LogP contribution in [0.3, 0.4) is 0 Å². The number of rotatable bonds is 5. The van der Waals surface area contributed by atoms with E-state index in [4.69, 9.17) is 16.3 Å². The highest BCUT2D eigenvalue weighted by molar-refractivity contribution is 14.1. The Hall–Kier alpha value is -0.623. The van der Waals surface area contributed by atoms with E-state index < -0.39 is 8.07 Å². The predicted octanol–water partition coefficient (Wildman–Crippen LogP) is 4.48. The van der Waals surface area contributed by atoms with Gasteiger partial charge in [-0.25, -0.2) is 4.98 Å². The molecule has 2 aromatic rings. The van der Waals surface area contributed by atoms with E-state index in [1.807, 2.05) is 4.57 Å². The van der Waals surface area contributed by atoms with Crippen LogP contribution < -0.4 is 0 Å². The monoisotopic (exact) mass is 433 g/mol. The van der Waals surface area contributed by atoms with Gasteiger partial charge in [-0.15, -0.1) is 0 Å². The van der Waals surface area contributed by atoms with Crippen LogP contribution in [-0.4, -0.2) is 24.2 Å². The van der Waals surface area contributed by atoms with E-state index in [2.05, 4.69) is 53.3 Å². The lowest BCUT2D eigenvalue weighted by molar-refractivity contribution is 0.0898. The molecule has 7 heteroatoms. The molecule has 0 fully saturated rings. The Morgan fingerprint density at radius 3 is 2.81 bits per heavy atom. The van der Waals surface area contributed by atoms with Crippen LogP contribution in [0, 0.1) is 14.9 Å². The summed E-state index contributed by atoms with van der Waals surface area (Å²) < 4.78 is 8.53. The molecular weight excluding hydrogens is 417 g/mol. The smallest absolute Gasteiger partial charge is 0.146 e.